The number of rotatable bonds is 3. The van der Waals surface area contributed by atoms with Crippen molar-refractivity contribution in [1.82, 2.24) is 0 Å². The van der Waals surface area contributed by atoms with E-state index in [1.54, 1.807) is 0 Å². The summed E-state index contributed by atoms with van der Waals surface area (Å²) in [5.41, 5.74) is -1.14. The highest BCUT2D eigenvalue weighted by atomic mass is 19.4. The van der Waals surface area contributed by atoms with E-state index in [9.17, 15) is 18.0 Å². The summed E-state index contributed by atoms with van der Waals surface area (Å²) >= 11 is 0. The first-order chi connectivity index (χ1) is 6.82. The Balaban J connectivity index is 4.58. The van der Waals surface area contributed by atoms with Crippen molar-refractivity contribution in [3.8, 4) is 0 Å². The minimum absolute atomic E-state index is 0.515. The molecule has 0 spiro atoms. The average molecular weight is 224 g/mol. The Kier molecular flexibility index (Phi) is 4.96. The molecule has 0 radical (unpaired) electrons. The van der Waals surface area contributed by atoms with Gasteiger partial charge in [-0.25, -0.2) is 4.79 Å². The molecule has 15 heavy (non-hydrogen) atoms. The zero-order valence-corrected chi connectivity index (χ0v) is 8.50. The Morgan fingerprint density at radius 3 is 2.33 bits per heavy atom. The molecule has 0 aliphatic carbocycles. The molecule has 0 aromatic rings. The highest BCUT2D eigenvalue weighted by Crippen LogP contribution is 2.16. The molecule has 1 atom stereocenters. The van der Waals surface area contributed by atoms with Gasteiger partial charge in [0.25, 0.3) is 0 Å². The molecule has 0 fully saturated rings. The number of carbonyl (C=O) groups is 1. The highest BCUT2D eigenvalue weighted by Gasteiger charge is 2.34. The maximum atomic E-state index is 12.1. The van der Waals surface area contributed by atoms with Crippen LogP contribution in [0.25, 0.3) is 0 Å². The van der Waals surface area contributed by atoms with E-state index < -0.39 is 23.9 Å². The van der Waals surface area contributed by atoms with Gasteiger partial charge in [0.05, 0.1) is 13.3 Å². The van der Waals surface area contributed by atoms with Gasteiger partial charge in [-0.15, -0.1) is 0 Å². The number of hydrogen-bond acceptors (Lipinski definition) is 4. The number of halogens is 3. The lowest BCUT2D eigenvalue weighted by Crippen LogP contribution is -2.26. The van der Waals surface area contributed by atoms with E-state index in [1.165, 1.54) is 6.92 Å². The van der Waals surface area contributed by atoms with Crippen molar-refractivity contribution in [2.75, 3.05) is 14.2 Å². The van der Waals surface area contributed by atoms with Crippen LogP contribution in [0.1, 0.15) is 6.92 Å². The largest absolute Gasteiger partial charge is 0.467 e. The average Bonchev–Trinajstić information content (AvgIpc) is 2.15. The van der Waals surface area contributed by atoms with Crippen molar-refractivity contribution < 1.29 is 22.7 Å². The first kappa shape index (κ1) is 13.6. The van der Waals surface area contributed by atoms with Gasteiger partial charge in [0, 0.05) is 7.05 Å². The van der Waals surface area contributed by atoms with Gasteiger partial charge in [-0.1, -0.05) is 0 Å². The fraction of sp³-hybridized carbons (Fsp3) is 0.625. The molecular weight excluding hydrogens is 213 g/mol. The number of methoxy groups -OCH3 is 1. The Labute approximate surface area is 84.9 Å². The zero-order chi connectivity index (χ0) is 12.1. The minimum atomic E-state index is -4.56. The third-order valence-electron chi connectivity index (χ3n) is 1.49. The van der Waals surface area contributed by atoms with E-state index in [1.807, 2.05) is 0 Å². The van der Waals surface area contributed by atoms with Crippen molar-refractivity contribution >= 4 is 17.9 Å². The molecule has 0 saturated carbocycles. The first-order valence-corrected chi connectivity index (χ1v) is 3.98. The van der Waals surface area contributed by atoms with Crippen molar-refractivity contribution in [2.45, 2.75) is 19.1 Å². The Hall–Kier alpha value is -1.40. The van der Waals surface area contributed by atoms with Crippen molar-refractivity contribution in [1.29, 1.82) is 0 Å². The van der Waals surface area contributed by atoms with E-state index in [4.69, 9.17) is 0 Å². The summed E-state index contributed by atoms with van der Waals surface area (Å²) < 4.78 is 40.6. The summed E-state index contributed by atoms with van der Waals surface area (Å²) in [6.45, 7) is 1.33. The monoisotopic (exact) mass is 224 g/mol. The van der Waals surface area contributed by atoms with Gasteiger partial charge in [-0.2, -0.15) is 13.2 Å². The van der Waals surface area contributed by atoms with Crippen molar-refractivity contribution in [2.24, 2.45) is 9.98 Å². The number of hydrogen-bond donors (Lipinski definition) is 0. The van der Waals surface area contributed by atoms with Gasteiger partial charge < -0.3 is 4.74 Å². The van der Waals surface area contributed by atoms with Crippen LogP contribution in [-0.4, -0.2) is 44.3 Å². The predicted molar refractivity (Wildman–Crippen MR) is 49.4 cm³/mol. The summed E-state index contributed by atoms with van der Waals surface area (Å²) in [4.78, 5) is 17.2. The van der Waals surface area contributed by atoms with Crippen LogP contribution in [0.3, 0.4) is 0 Å². The Morgan fingerprint density at radius 2 is 2.00 bits per heavy atom. The van der Waals surface area contributed by atoms with Gasteiger partial charge >= 0.3 is 12.1 Å². The molecule has 0 aliphatic rings. The van der Waals surface area contributed by atoms with E-state index in [2.05, 4.69) is 14.7 Å². The lowest BCUT2D eigenvalue weighted by atomic mass is 10.3. The van der Waals surface area contributed by atoms with E-state index in [0.29, 0.717) is 6.21 Å². The normalized spacial score (nSPS) is 15.5. The molecule has 0 aliphatic heterocycles. The Morgan fingerprint density at radius 1 is 1.47 bits per heavy atom. The topological polar surface area (TPSA) is 51.0 Å². The fourth-order valence-corrected chi connectivity index (χ4v) is 0.672. The predicted octanol–water partition coefficient (Wildman–Crippen LogP) is 1.25. The fourth-order valence-electron chi connectivity index (χ4n) is 0.672. The molecule has 0 rings (SSSR count). The smallest absolute Gasteiger partial charge is 0.434 e. The van der Waals surface area contributed by atoms with Gasteiger partial charge in [-0.05, 0) is 6.92 Å². The quantitative estimate of drug-likeness (QED) is 0.535. The molecule has 0 aromatic heterocycles. The first-order valence-electron chi connectivity index (χ1n) is 3.98. The summed E-state index contributed by atoms with van der Waals surface area (Å²) in [5.74, 6) is -0.705. The molecule has 0 heterocycles. The SMILES string of the molecule is CN=C(C=NC(C)C(=O)OC)C(F)(F)F. The second-order valence-corrected chi connectivity index (χ2v) is 2.58. The molecule has 0 N–H and O–H groups in total. The molecule has 7 heteroatoms. The van der Waals surface area contributed by atoms with Crippen molar-refractivity contribution in [3.05, 3.63) is 0 Å². The second kappa shape index (κ2) is 5.47. The van der Waals surface area contributed by atoms with E-state index >= 15 is 0 Å². The van der Waals surface area contributed by atoms with Crippen LogP contribution in [0, 0.1) is 0 Å². The van der Waals surface area contributed by atoms with Crippen molar-refractivity contribution in [3.63, 3.8) is 0 Å². The van der Waals surface area contributed by atoms with Crippen LogP contribution in [0.15, 0.2) is 9.98 Å². The highest BCUT2D eigenvalue weighted by molar-refractivity contribution is 6.33. The maximum absolute atomic E-state index is 12.1. The van der Waals surface area contributed by atoms with Gasteiger partial charge in [0.15, 0.2) is 5.71 Å². The standard InChI is InChI=1S/C8H11F3N2O2/c1-5(7(14)15-3)13-4-6(12-2)8(9,10)11/h4-5H,1-3H3. The number of carbonyl (C=O) groups excluding carboxylic acids is 1. The number of ether oxygens (including phenoxy) is 1. The molecule has 1 unspecified atom stereocenters. The summed E-state index contributed by atoms with van der Waals surface area (Å²) in [7, 11) is 2.13. The zero-order valence-electron chi connectivity index (χ0n) is 8.50. The number of nitrogens with zero attached hydrogens (tertiary/aromatic N) is 2. The molecule has 0 bridgehead atoms. The number of aliphatic imine (C=N–C) groups is 2. The van der Waals surface area contributed by atoms with Crippen LogP contribution in [-0.2, 0) is 9.53 Å². The molecule has 0 amide bonds. The lowest BCUT2D eigenvalue weighted by molar-refractivity contribution is -0.141. The molecule has 0 saturated heterocycles. The van der Waals surface area contributed by atoms with Crippen LogP contribution in [0.4, 0.5) is 13.2 Å². The third kappa shape index (κ3) is 4.57. The minimum Gasteiger partial charge on any atom is -0.467 e. The molecule has 86 valence electrons. The van der Waals surface area contributed by atoms with Gasteiger partial charge in [0.2, 0.25) is 0 Å². The van der Waals surface area contributed by atoms with Gasteiger partial charge in [0.1, 0.15) is 6.04 Å². The van der Waals surface area contributed by atoms with E-state index in [-0.39, 0.29) is 0 Å². The van der Waals surface area contributed by atoms with Crippen LogP contribution in [0.2, 0.25) is 0 Å². The number of alkyl halides is 3. The van der Waals surface area contributed by atoms with Crippen LogP contribution >= 0.6 is 0 Å². The summed E-state index contributed by atoms with van der Waals surface area (Å²) in [5, 5.41) is 0. The summed E-state index contributed by atoms with van der Waals surface area (Å²) in [6.07, 6.45) is -4.05. The van der Waals surface area contributed by atoms with Crippen LogP contribution < -0.4 is 0 Å². The molecule has 4 nitrogen and oxygen atoms in total. The number of esters is 1. The summed E-state index contributed by atoms with van der Waals surface area (Å²) in [6, 6.07) is -0.978. The Bertz CT molecular complexity index is 284. The lowest BCUT2D eigenvalue weighted by Gasteiger charge is -2.06. The van der Waals surface area contributed by atoms with Crippen LogP contribution in [0.5, 0.6) is 0 Å². The molecular formula is C8H11F3N2O2. The second-order valence-electron chi connectivity index (χ2n) is 2.58. The van der Waals surface area contributed by atoms with E-state index in [0.717, 1.165) is 14.2 Å². The molecule has 0 aromatic carbocycles. The third-order valence-corrected chi connectivity index (χ3v) is 1.49. The maximum Gasteiger partial charge on any atom is 0.434 e. The van der Waals surface area contributed by atoms with Gasteiger partial charge in [-0.3, -0.25) is 9.98 Å².